The first-order valence-corrected chi connectivity index (χ1v) is 12.5. The van der Waals surface area contributed by atoms with Crippen LogP contribution in [0.25, 0.3) is 23.4 Å². The van der Waals surface area contributed by atoms with Crippen molar-refractivity contribution < 1.29 is 9.90 Å². The zero-order valence-corrected chi connectivity index (χ0v) is 20.2. The van der Waals surface area contributed by atoms with Crippen LogP contribution in [0.15, 0.2) is 73.1 Å². The standard InChI is InChI=1S/C30H30N4O2/c35-30(36)29-27-14-13-25-21-32-19-16-26(25)28(27)33-34(29)20-4-17-31-18-15-24-11-9-23(10-12-24)8-7-22-5-2-1-3-6-22/h1-3,5-12,16,19,21,31H,4,13-15,17-18,20H2,(H,35,36). The summed E-state index contributed by atoms with van der Waals surface area (Å²) in [6, 6.07) is 20.9. The number of nitrogens with one attached hydrogen (secondary N) is 1. The number of nitrogens with zero attached hydrogens (tertiary/aromatic N) is 3. The van der Waals surface area contributed by atoms with E-state index >= 15 is 0 Å². The lowest BCUT2D eigenvalue weighted by molar-refractivity contribution is 0.0681. The Hall–Kier alpha value is -4.03. The maximum absolute atomic E-state index is 12.0. The lowest BCUT2D eigenvalue weighted by atomic mass is 9.90. The fourth-order valence-electron chi connectivity index (χ4n) is 4.73. The van der Waals surface area contributed by atoms with E-state index in [-0.39, 0.29) is 0 Å². The van der Waals surface area contributed by atoms with Crippen LogP contribution in [0.4, 0.5) is 0 Å². The topological polar surface area (TPSA) is 80.0 Å². The van der Waals surface area contributed by atoms with Gasteiger partial charge in [-0.1, -0.05) is 66.7 Å². The van der Waals surface area contributed by atoms with Gasteiger partial charge in [-0.25, -0.2) is 4.79 Å². The van der Waals surface area contributed by atoms with Crippen molar-refractivity contribution in [1.29, 1.82) is 0 Å². The lowest BCUT2D eigenvalue weighted by Gasteiger charge is -2.14. The van der Waals surface area contributed by atoms with Crippen molar-refractivity contribution in [1.82, 2.24) is 20.1 Å². The molecule has 182 valence electrons. The van der Waals surface area contributed by atoms with Crippen LogP contribution in [0.1, 0.15) is 44.7 Å². The fraction of sp³-hybridized carbons (Fsp3) is 0.233. The number of pyridine rings is 1. The average molecular weight is 479 g/mol. The van der Waals surface area contributed by atoms with E-state index in [9.17, 15) is 9.90 Å². The van der Waals surface area contributed by atoms with E-state index in [1.807, 2.05) is 30.5 Å². The molecule has 2 aromatic carbocycles. The monoisotopic (exact) mass is 478 g/mol. The van der Waals surface area contributed by atoms with Crippen LogP contribution < -0.4 is 5.32 Å². The molecule has 0 fully saturated rings. The van der Waals surface area contributed by atoms with Crippen LogP contribution in [-0.4, -0.2) is 38.9 Å². The van der Waals surface area contributed by atoms with Gasteiger partial charge in [-0.2, -0.15) is 5.10 Å². The third-order valence-corrected chi connectivity index (χ3v) is 6.62. The van der Waals surface area contributed by atoms with Crippen molar-refractivity contribution in [2.24, 2.45) is 0 Å². The molecule has 0 atom stereocenters. The van der Waals surface area contributed by atoms with Gasteiger partial charge in [0, 0.05) is 30.1 Å². The van der Waals surface area contributed by atoms with E-state index in [0.717, 1.165) is 54.7 Å². The SMILES string of the molecule is O=C(O)c1c2c(nn1CCCNCCc1ccc(C=Cc3ccccc3)cc1)-c1ccncc1CC2. The number of carboxylic acids is 1. The molecule has 0 unspecified atom stereocenters. The second kappa shape index (κ2) is 11.1. The van der Waals surface area contributed by atoms with E-state index in [1.165, 1.54) is 16.7 Å². The molecule has 0 saturated carbocycles. The minimum Gasteiger partial charge on any atom is -0.477 e. The van der Waals surface area contributed by atoms with Gasteiger partial charge in [0.25, 0.3) is 0 Å². The van der Waals surface area contributed by atoms with Gasteiger partial charge < -0.3 is 10.4 Å². The highest BCUT2D eigenvalue weighted by atomic mass is 16.4. The van der Waals surface area contributed by atoms with Crippen LogP contribution in [0.2, 0.25) is 0 Å². The molecule has 5 rings (SSSR count). The molecule has 1 aliphatic rings. The van der Waals surface area contributed by atoms with Crippen LogP contribution in [0.5, 0.6) is 0 Å². The number of aryl methyl sites for hydroxylation is 2. The van der Waals surface area contributed by atoms with Gasteiger partial charge in [0.1, 0.15) is 5.69 Å². The molecule has 6 heteroatoms. The summed E-state index contributed by atoms with van der Waals surface area (Å²) in [6.45, 7) is 2.26. The number of fused-ring (bicyclic) bond motifs is 3. The third kappa shape index (κ3) is 5.44. The zero-order chi connectivity index (χ0) is 24.7. The van der Waals surface area contributed by atoms with Crippen molar-refractivity contribution in [3.8, 4) is 11.3 Å². The number of rotatable bonds is 10. The Kier molecular flexibility index (Phi) is 7.33. The normalized spacial score (nSPS) is 12.4. The van der Waals surface area contributed by atoms with Gasteiger partial charge in [-0.15, -0.1) is 0 Å². The summed E-state index contributed by atoms with van der Waals surface area (Å²) in [5, 5.41) is 18.0. The summed E-state index contributed by atoms with van der Waals surface area (Å²) in [5.41, 5.74) is 7.78. The zero-order valence-electron chi connectivity index (χ0n) is 20.2. The van der Waals surface area contributed by atoms with Crippen LogP contribution in [0, 0.1) is 0 Å². The Bertz CT molecular complexity index is 1360. The van der Waals surface area contributed by atoms with Crippen molar-refractivity contribution in [3.63, 3.8) is 0 Å². The van der Waals surface area contributed by atoms with Crippen molar-refractivity contribution in [3.05, 3.63) is 107 Å². The predicted octanol–water partition coefficient (Wildman–Crippen LogP) is 5.13. The largest absolute Gasteiger partial charge is 0.477 e. The summed E-state index contributed by atoms with van der Waals surface area (Å²) < 4.78 is 1.67. The van der Waals surface area contributed by atoms with Crippen LogP contribution >= 0.6 is 0 Å². The molecule has 1 aliphatic carbocycles. The number of aromatic carboxylic acids is 1. The summed E-state index contributed by atoms with van der Waals surface area (Å²) in [4.78, 5) is 16.2. The maximum atomic E-state index is 12.0. The summed E-state index contributed by atoms with van der Waals surface area (Å²) in [7, 11) is 0. The molecule has 2 heterocycles. The van der Waals surface area contributed by atoms with E-state index in [1.54, 1.807) is 10.9 Å². The van der Waals surface area contributed by atoms with Gasteiger partial charge in [0.15, 0.2) is 0 Å². The maximum Gasteiger partial charge on any atom is 0.354 e. The van der Waals surface area contributed by atoms with Gasteiger partial charge in [-0.05, 0) is 67.1 Å². The first-order chi connectivity index (χ1) is 17.7. The predicted molar refractivity (Wildman–Crippen MR) is 143 cm³/mol. The van der Waals surface area contributed by atoms with Gasteiger partial charge in [0.2, 0.25) is 0 Å². The third-order valence-electron chi connectivity index (χ3n) is 6.62. The Labute approximate surface area is 211 Å². The van der Waals surface area contributed by atoms with E-state index in [2.05, 4.69) is 58.9 Å². The molecule has 0 amide bonds. The van der Waals surface area contributed by atoms with E-state index in [0.29, 0.717) is 18.7 Å². The smallest absolute Gasteiger partial charge is 0.354 e. The quantitative estimate of drug-likeness (QED) is 0.244. The van der Waals surface area contributed by atoms with Crippen LogP contribution in [-0.2, 0) is 25.8 Å². The molecule has 36 heavy (non-hydrogen) atoms. The number of hydrogen-bond donors (Lipinski definition) is 2. The Balaban J connectivity index is 1.10. The highest BCUT2D eigenvalue weighted by molar-refractivity contribution is 5.90. The minimum absolute atomic E-state index is 0.328. The Morgan fingerprint density at radius 2 is 1.75 bits per heavy atom. The molecule has 0 spiro atoms. The minimum atomic E-state index is -0.906. The van der Waals surface area contributed by atoms with Crippen LogP contribution in [0.3, 0.4) is 0 Å². The number of benzene rings is 2. The molecule has 2 N–H and O–H groups in total. The molecular weight excluding hydrogens is 448 g/mol. The summed E-state index contributed by atoms with van der Waals surface area (Å²) in [5.74, 6) is -0.906. The fourth-order valence-corrected chi connectivity index (χ4v) is 4.73. The molecule has 0 aliphatic heterocycles. The molecule has 0 saturated heterocycles. The molecule has 0 bridgehead atoms. The average Bonchev–Trinajstić information content (AvgIpc) is 3.30. The van der Waals surface area contributed by atoms with Gasteiger partial charge in [0.05, 0.1) is 5.69 Å². The first-order valence-electron chi connectivity index (χ1n) is 12.5. The second-order valence-electron chi connectivity index (χ2n) is 9.08. The number of carboxylic acid groups (broad SMARTS) is 1. The van der Waals surface area contributed by atoms with Crippen molar-refractivity contribution in [2.45, 2.75) is 32.2 Å². The molecule has 6 nitrogen and oxygen atoms in total. The van der Waals surface area contributed by atoms with Crippen molar-refractivity contribution in [2.75, 3.05) is 13.1 Å². The van der Waals surface area contributed by atoms with E-state index < -0.39 is 5.97 Å². The highest BCUT2D eigenvalue weighted by Gasteiger charge is 2.27. The van der Waals surface area contributed by atoms with Crippen molar-refractivity contribution >= 4 is 18.1 Å². The van der Waals surface area contributed by atoms with Gasteiger partial charge >= 0.3 is 5.97 Å². The first kappa shape index (κ1) is 23.7. The molecule has 2 aromatic heterocycles. The molecule has 0 radical (unpaired) electrons. The van der Waals surface area contributed by atoms with E-state index in [4.69, 9.17) is 5.10 Å². The summed E-state index contributed by atoms with van der Waals surface area (Å²) >= 11 is 0. The highest BCUT2D eigenvalue weighted by Crippen LogP contribution is 2.34. The van der Waals surface area contributed by atoms with Gasteiger partial charge in [-0.3, -0.25) is 9.67 Å². The molecule has 4 aromatic rings. The number of hydrogen-bond acceptors (Lipinski definition) is 4. The Morgan fingerprint density at radius 3 is 2.53 bits per heavy atom. The summed E-state index contributed by atoms with van der Waals surface area (Å²) in [6.07, 6.45) is 11.1. The second-order valence-corrected chi connectivity index (χ2v) is 9.08. The molecular formula is C30H30N4O2. The Morgan fingerprint density at radius 1 is 0.972 bits per heavy atom. The number of aromatic nitrogens is 3. The lowest BCUT2D eigenvalue weighted by Crippen LogP contribution is -2.21. The number of carbonyl (C=O) groups is 1.